The fourth-order valence-corrected chi connectivity index (χ4v) is 6.55. The maximum atomic E-state index is 5.79. The summed E-state index contributed by atoms with van der Waals surface area (Å²) < 4.78 is 0. The summed E-state index contributed by atoms with van der Waals surface area (Å²) in [7, 11) is 0. The first-order chi connectivity index (χ1) is 21.3. The van der Waals surface area contributed by atoms with Gasteiger partial charge in [0.1, 0.15) is 6.34 Å². The summed E-state index contributed by atoms with van der Waals surface area (Å²) in [6, 6.07) is 50.3. The van der Waals surface area contributed by atoms with E-state index < -0.39 is 11.1 Å². The summed E-state index contributed by atoms with van der Waals surface area (Å²) in [4.78, 5) is 21.7. The van der Waals surface area contributed by atoms with E-state index >= 15 is 0 Å². The Bertz CT molecular complexity index is 1860. The lowest BCUT2D eigenvalue weighted by Gasteiger charge is -2.44. The zero-order chi connectivity index (χ0) is 29.1. The molecule has 2 atom stereocenters. The van der Waals surface area contributed by atoms with Crippen LogP contribution in [0.25, 0.3) is 0 Å². The highest BCUT2D eigenvalue weighted by molar-refractivity contribution is 6.26. The molecule has 2 unspecified atom stereocenters. The van der Waals surface area contributed by atoms with Crippen LogP contribution in [0.5, 0.6) is 0 Å². The molecule has 0 bridgehead atoms. The van der Waals surface area contributed by atoms with Crippen LogP contribution < -0.4 is 0 Å². The standard InChI is InChI=1S/C39H32N4/c1-2-17-29-18-15-16-27-34(29)37-42-36(31-21-9-4-10-22-31)39(43-37,33-25-13-6-14-26-33)38(32-23-11-5-12-24-32)35(40-28-41-38)30-19-7-3-8-20-30/h3-16,18-28H,2,17H2,1H3. The van der Waals surface area contributed by atoms with Crippen molar-refractivity contribution in [3.8, 4) is 0 Å². The van der Waals surface area contributed by atoms with E-state index in [0.29, 0.717) is 0 Å². The van der Waals surface area contributed by atoms with Gasteiger partial charge in [0.15, 0.2) is 16.9 Å². The van der Waals surface area contributed by atoms with Crippen molar-refractivity contribution < 1.29 is 0 Å². The van der Waals surface area contributed by atoms with Crippen LogP contribution in [0.4, 0.5) is 0 Å². The predicted molar refractivity (Wildman–Crippen MR) is 178 cm³/mol. The Morgan fingerprint density at radius 3 is 1.65 bits per heavy atom. The number of rotatable bonds is 8. The van der Waals surface area contributed by atoms with Gasteiger partial charge in [0.05, 0.1) is 11.4 Å². The van der Waals surface area contributed by atoms with Gasteiger partial charge in [-0.25, -0.2) is 15.0 Å². The Labute approximate surface area is 253 Å². The zero-order valence-electron chi connectivity index (χ0n) is 24.1. The summed E-state index contributed by atoms with van der Waals surface area (Å²) >= 11 is 0. The van der Waals surface area contributed by atoms with Crippen molar-refractivity contribution in [3.05, 3.63) is 179 Å². The molecule has 0 N–H and O–H groups in total. The first-order valence-corrected chi connectivity index (χ1v) is 14.9. The molecule has 0 amide bonds. The lowest BCUT2D eigenvalue weighted by molar-refractivity contribution is 0.421. The van der Waals surface area contributed by atoms with Gasteiger partial charge in [-0.15, -0.1) is 0 Å². The lowest BCUT2D eigenvalue weighted by atomic mass is 9.62. The molecule has 0 radical (unpaired) electrons. The third kappa shape index (κ3) is 4.29. The number of nitrogens with zero attached hydrogens (tertiary/aromatic N) is 4. The average Bonchev–Trinajstić information content (AvgIpc) is 3.72. The summed E-state index contributed by atoms with van der Waals surface area (Å²) in [5.74, 6) is 0.719. The van der Waals surface area contributed by atoms with Crippen LogP contribution in [-0.4, -0.2) is 23.6 Å². The van der Waals surface area contributed by atoms with E-state index in [-0.39, 0.29) is 0 Å². The molecule has 2 aliphatic heterocycles. The lowest BCUT2D eigenvalue weighted by Crippen LogP contribution is -2.55. The molecule has 5 aromatic rings. The Balaban J connectivity index is 1.63. The molecule has 2 heterocycles. The van der Waals surface area contributed by atoms with Gasteiger partial charge in [-0.1, -0.05) is 159 Å². The highest BCUT2D eigenvalue weighted by atomic mass is 15.2. The van der Waals surface area contributed by atoms with Crippen LogP contribution in [0.1, 0.15) is 46.7 Å². The van der Waals surface area contributed by atoms with Crippen molar-refractivity contribution in [2.75, 3.05) is 0 Å². The van der Waals surface area contributed by atoms with Gasteiger partial charge in [0.25, 0.3) is 0 Å². The summed E-state index contributed by atoms with van der Waals surface area (Å²) in [5, 5.41) is 0. The second kappa shape index (κ2) is 11.2. The summed E-state index contributed by atoms with van der Waals surface area (Å²) in [6.07, 6.45) is 3.69. The van der Waals surface area contributed by atoms with Crippen molar-refractivity contribution in [2.24, 2.45) is 20.0 Å². The first-order valence-electron chi connectivity index (χ1n) is 14.9. The molecule has 0 spiro atoms. The van der Waals surface area contributed by atoms with Gasteiger partial charge in [-0.2, -0.15) is 0 Å². The number of hydrogen-bond acceptors (Lipinski definition) is 4. The topological polar surface area (TPSA) is 49.4 Å². The molecule has 4 heteroatoms. The highest BCUT2D eigenvalue weighted by Gasteiger charge is 2.63. The quantitative estimate of drug-likeness (QED) is 0.185. The van der Waals surface area contributed by atoms with Gasteiger partial charge in [0, 0.05) is 5.56 Å². The van der Waals surface area contributed by atoms with Gasteiger partial charge in [-0.05, 0) is 34.2 Å². The van der Waals surface area contributed by atoms with E-state index in [1.54, 1.807) is 6.34 Å². The maximum Gasteiger partial charge on any atom is 0.165 e. The number of hydrogen-bond donors (Lipinski definition) is 0. The van der Waals surface area contributed by atoms with Crippen LogP contribution in [0.2, 0.25) is 0 Å². The van der Waals surface area contributed by atoms with E-state index in [4.69, 9.17) is 20.0 Å². The molecule has 0 fully saturated rings. The summed E-state index contributed by atoms with van der Waals surface area (Å²) in [6.45, 7) is 2.21. The normalized spacial score (nSPS) is 20.9. The molecular weight excluding hydrogens is 524 g/mol. The Morgan fingerprint density at radius 1 is 0.535 bits per heavy atom. The first kappa shape index (κ1) is 26.7. The predicted octanol–water partition coefficient (Wildman–Crippen LogP) is 8.21. The Morgan fingerprint density at radius 2 is 1.05 bits per heavy atom. The van der Waals surface area contributed by atoms with Gasteiger partial charge < -0.3 is 0 Å². The van der Waals surface area contributed by atoms with Crippen LogP contribution in [0.3, 0.4) is 0 Å². The molecular formula is C39H32N4. The van der Waals surface area contributed by atoms with Crippen LogP contribution in [-0.2, 0) is 17.5 Å². The minimum atomic E-state index is -1.06. The molecule has 0 aromatic heterocycles. The molecule has 0 saturated heterocycles. The highest BCUT2D eigenvalue weighted by Crippen LogP contribution is 2.54. The largest absolute Gasteiger partial charge is 0.252 e. The van der Waals surface area contributed by atoms with E-state index in [1.165, 1.54) is 5.56 Å². The smallest absolute Gasteiger partial charge is 0.165 e. The van der Waals surface area contributed by atoms with E-state index in [0.717, 1.165) is 57.9 Å². The third-order valence-corrected chi connectivity index (χ3v) is 8.39. The van der Waals surface area contributed by atoms with E-state index in [1.807, 2.05) is 24.3 Å². The van der Waals surface area contributed by atoms with Crippen LogP contribution >= 0.6 is 0 Å². The summed E-state index contributed by atoms with van der Waals surface area (Å²) in [5.41, 5.74) is 5.91. The van der Waals surface area contributed by atoms with Crippen molar-refractivity contribution in [3.63, 3.8) is 0 Å². The molecule has 5 aromatic carbocycles. The third-order valence-electron chi connectivity index (χ3n) is 8.39. The fourth-order valence-electron chi connectivity index (χ4n) is 6.55. The minimum Gasteiger partial charge on any atom is -0.252 e. The molecule has 0 saturated carbocycles. The molecule has 43 heavy (non-hydrogen) atoms. The van der Waals surface area contributed by atoms with Gasteiger partial charge in [0.2, 0.25) is 0 Å². The van der Waals surface area contributed by atoms with Crippen LogP contribution in [0, 0.1) is 0 Å². The number of amidine groups is 1. The molecule has 0 aliphatic carbocycles. The van der Waals surface area contributed by atoms with Gasteiger partial charge in [-0.3, -0.25) is 4.99 Å². The minimum absolute atomic E-state index is 0.719. The van der Waals surface area contributed by atoms with E-state index in [2.05, 4.69) is 128 Å². The van der Waals surface area contributed by atoms with Crippen molar-refractivity contribution in [1.82, 2.24) is 0 Å². The maximum absolute atomic E-state index is 5.79. The zero-order valence-corrected chi connectivity index (χ0v) is 24.1. The Hall–Kier alpha value is -5.22. The van der Waals surface area contributed by atoms with Gasteiger partial charge >= 0.3 is 0 Å². The monoisotopic (exact) mass is 556 g/mol. The second-order valence-corrected chi connectivity index (χ2v) is 10.9. The van der Waals surface area contributed by atoms with E-state index in [9.17, 15) is 0 Å². The SMILES string of the molecule is CCCc1ccccc1C1=NC(c2ccccc2)(C2(c3ccccc3)N=CN=C2c2ccccc2)C(c2ccccc2)=N1. The average molecular weight is 557 g/mol. The number of aryl methyl sites for hydroxylation is 1. The molecule has 208 valence electrons. The van der Waals surface area contributed by atoms with Crippen LogP contribution in [0.15, 0.2) is 166 Å². The second-order valence-electron chi connectivity index (χ2n) is 10.9. The van der Waals surface area contributed by atoms with Crippen molar-refractivity contribution in [1.29, 1.82) is 0 Å². The van der Waals surface area contributed by atoms with Crippen molar-refractivity contribution in [2.45, 2.75) is 30.8 Å². The Kier molecular flexibility index (Phi) is 6.96. The fraction of sp³-hybridized carbons (Fsp3) is 0.128. The molecule has 4 nitrogen and oxygen atoms in total. The number of benzene rings is 5. The molecule has 2 aliphatic rings. The van der Waals surface area contributed by atoms with Crippen molar-refractivity contribution >= 4 is 23.6 Å². The molecule has 7 rings (SSSR count). The number of aliphatic imine (C=N–C) groups is 4.